The maximum Gasteiger partial charge on any atom is 0.253 e. The molecule has 1 amide bonds. The highest BCUT2D eigenvalue weighted by Gasteiger charge is 2.32. The summed E-state index contributed by atoms with van der Waals surface area (Å²) in [7, 11) is 0. The minimum atomic E-state index is 0.126. The Hall–Kier alpha value is -1.65. The van der Waals surface area contributed by atoms with Gasteiger partial charge in [-0.3, -0.25) is 9.69 Å². The van der Waals surface area contributed by atoms with Crippen LogP contribution in [0, 0.1) is 0 Å². The number of nitrogens with zero attached hydrogens (tertiary/aromatic N) is 2. The molecule has 0 N–H and O–H groups in total. The van der Waals surface area contributed by atoms with Crippen LogP contribution in [0.4, 0.5) is 0 Å². The zero-order chi connectivity index (χ0) is 17.1. The van der Waals surface area contributed by atoms with Crippen LogP contribution < -0.4 is 0 Å². The highest BCUT2D eigenvalue weighted by atomic mass is 79.9. The van der Waals surface area contributed by atoms with Crippen LogP contribution in [0.3, 0.4) is 0 Å². The number of halogens is 1. The molecule has 2 aromatic carbocycles. The molecule has 0 radical (unpaired) electrons. The zero-order valence-corrected chi connectivity index (χ0v) is 15.7. The van der Waals surface area contributed by atoms with Gasteiger partial charge in [0.05, 0.1) is 0 Å². The van der Waals surface area contributed by atoms with Crippen LogP contribution in [-0.4, -0.2) is 40.9 Å². The third-order valence-electron chi connectivity index (χ3n) is 4.69. The van der Waals surface area contributed by atoms with Gasteiger partial charge in [-0.1, -0.05) is 46.3 Å². The Kier molecular flexibility index (Phi) is 5.36. The molecular formula is C20H23BrN2O. The minimum absolute atomic E-state index is 0.126. The lowest BCUT2D eigenvalue weighted by molar-refractivity contribution is 0.0269. The first-order chi connectivity index (χ1) is 11.5. The average Bonchev–Trinajstić information content (AvgIpc) is 2.59. The van der Waals surface area contributed by atoms with Gasteiger partial charge in [-0.15, -0.1) is 0 Å². The normalized spacial score (nSPS) is 21.7. The van der Waals surface area contributed by atoms with Crippen molar-refractivity contribution in [2.24, 2.45) is 0 Å². The molecule has 1 saturated heterocycles. The van der Waals surface area contributed by atoms with Crippen LogP contribution in [-0.2, 0) is 6.54 Å². The van der Waals surface area contributed by atoms with Crippen molar-refractivity contribution in [2.75, 3.05) is 13.1 Å². The van der Waals surface area contributed by atoms with Crippen LogP contribution >= 0.6 is 15.9 Å². The number of piperazine rings is 1. The number of amides is 1. The summed E-state index contributed by atoms with van der Waals surface area (Å²) < 4.78 is 0.994. The maximum absolute atomic E-state index is 12.8. The van der Waals surface area contributed by atoms with E-state index in [2.05, 4.69) is 58.9 Å². The Balaban J connectivity index is 1.68. The second-order valence-corrected chi connectivity index (χ2v) is 7.49. The molecule has 126 valence electrons. The topological polar surface area (TPSA) is 23.6 Å². The summed E-state index contributed by atoms with van der Waals surface area (Å²) in [6, 6.07) is 18.8. The van der Waals surface area contributed by atoms with Crippen molar-refractivity contribution in [3.05, 3.63) is 70.2 Å². The molecule has 0 aliphatic carbocycles. The summed E-state index contributed by atoms with van der Waals surface area (Å²) in [5.41, 5.74) is 2.08. The van der Waals surface area contributed by atoms with Crippen molar-refractivity contribution < 1.29 is 4.79 Å². The second-order valence-electron chi connectivity index (χ2n) is 6.57. The van der Waals surface area contributed by atoms with Gasteiger partial charge in [0.2, 0.25) is 0 Å². The van der Waals surface area contributed by atoms with Crippen molar-refractivity contribution in [3.63, 3.8) is 0 Å². The molecule has 2 atom stereocenters. The van der Waals surface area contributed by atoms with Crippen molar-refractivity contribution in [1.82, 2.24) is 9.80 Å². The molecule has 3 rings (SSSR count). The van der Waals surface area contributed by atoms with E-state index in [0.29, 0.717) is 12.1 Å². The Morgan fingerprint density at radius 3 is 2.17 bits per heavy atom. The zero-order valence-electron chi connectivity index (χ0n) is 14.2. The number of benzene rings is 2. The molecule has 0 aromatic heterocycles. The molecule has 4 heteroatoms. The third-order valence-corrected chi connectivity index (χ3v) is 5.22. The lowest BCUT2D eigenvalue weighted by atomic mass is 10.0. The number of hydrogen-bond acceptors (Lipinski definition) is 2. The van der Waals surface area contributed by atoms with E-state index in [1.165, 1.54) is 5.56 Å². The molecule has 0 spiro atoms. The van der Waals surface area contributed by atoms with Gasteiger partial charge >= 0.3 is 0 Å². The van der Waals surface area contributed by atoms with Crippen molar-refractivity contribution >= 4 is 21.8 Å². The van der Waals surface area contributed by atoms with E-state index in [9.17, 15) is 4.79 Å². The van der Waals surface area contributed by atoms with E-state index in [1.807, 2.05) is 35.2 Å². The largest absolute Gasteiger partial charge is 0.336 e. The summed E-state index contributed by atoms with van der Waals surface area (Å²) in [6.07, 6.45) is 0. The second kappa shape index (κ2) is 7.49. The van der Waals surface area contributed by atoms with Gasteiger partial charge in [-0.05, 0) is 43.7 Å². The van der Waals surface area contributed by atoms with E-state index < -0.39 is 0 Å². The summed E-state index contributed by atoms with van der Waals surface area (Å²) in [5.74, 6) is 0.126. The van der Waals surface area contributed by atoms with Gasteiger partial charge in [0.15, 0.2) is 0 Å². The standard InChI is InChI=1S/C20H23BrN2O/c1-15-12-22(20(24)18-8-10-19(21)11-9-18)13-16(2)23(15)14-17-6-4-3-5-7-17/h3-11,15-16H,12-14H2,1-2H3. The highest BCUT2D eigenvalue weighted by Crippen LogP contribution is 2.21. The summed E-state index contributed by atoms with van der Waals surface area (Å²) in [4.78, 5) is 17.2. The lowest BCUT2D eigenvalue weighted by Gasteiger charge is -2.44. The van der Waals surface area contributed by atoms with E-state index in [0.717, 1.165) is 29.7 Å². The molecule has 1 heterocycles. The predicted octanol–water partition coefficient (Wildman–Crippen LogP) is 4.18. The quantitative estimate of drug-likeness (QED) is 0.789. The predicted molar refractivity (Wildman–Crippen MR) is 101 cm³/mol. The van der Waals surface area contributed by atoms with Crippen molar-refractivity contribution in [3.8, 4) is 0 Å². The highest BCUT2D eigenvalue weighted by molar-refractivity contribution is 9.10. The fourth-order valence-corrected chi connectivity index (χ4v) is 3.67. The number of carbonyl (C=O) groups excluding carboxylic acids is 1. The first-order valence-electron chi connectivity index (χ1n) is 8.39. The van der Waals surface area contributed by atoms with E-state index in [4.69, 9.17) is 0 Å². The lowest BCUT2D eigenvalue weighted by Crippen LogP contribution is -2.57. The maximum atomic E-state index is 12.8. The molecule has 0 bridgehead atoms. The van der Waals surface area contributed by atoms with Gasteiger partial charge in [0.1, 0.15) is 0 Å². The summed E-state index contributed by atoms with van der Waals surface area (Å²) in [5, 5.41) is 0. The molecule has 24 heavy (non-hydrogen) atoms. The average molecular weight is 387 g/mol. The Morgan fingerprint density at radius 1 is 1.00 bits per heavy atom. The molecule has 3 nitrogen and oxygen atoms in total. The summed E-state index contributed by atoms with van der Waals surface area (Å²) in [6.45, 7) is 6.89. The Labute approximate surface area is 152 Å². The monoisotopic (exact) mass is 386 g/mol. The minimum Gasteiger partial charge on any atom is -0.336 e. The first kappa shape index (κ1) is 17.2. The number of rotatable bonds is 3. The van der Waals surface area contributed by atoms with Crippen LogP contribution in [0.25, 0.3) is 0 Å². The van der Waals surface area contributed by atoms with Gasteiger partial charge < -0.3 is 4.90 Å². The molecule has 0 saturated carbocycles. The van der Waals surface area contributed by atoms with E-state index >= 15 is 0 Å². The van der Waals surface area contributed by atoms with E-state index in [1.54, 1.807) is 0 Å². The van der Waals surface area contributed by atoms with Crippen molar-refractivity contribution in [1.29, 1.82) is 0 Å². The molecular weight excluding hydrogens is 364 g/mol. The fraction of sp³-hybridized carbons (Fsp3) is 0.350. The van der Waals surface area contributed by atoms with E-state index in [-0.39, 0.29) is 5.91 Å². The Morgan fingerprint density at radius 2 is 1.58 bits per heavy atom. The molecule has 2 unspecified atom stereocenters. The first-order valence-corrected chi connectivity index (χ1v) is 9.18. The van der Waals surface area contributed by atoms with Gasteiger partial charge in [-0.25, -0.2) is 0 Å². The van der Waals surface area contributed by atoms with Crippen LogP contribution in [0.1, 0.15) is 29.8 Å². The van der Waals surface area contributed by atoms with Crippen LogP contribution in [0.5, 0.6) is 0 Å². The third kappa shape index (κ3) is 3.87. The number of carbonyl (C=O) groups is 1. The fourth-order valence-electron chi connectivity index (χ4n) is 3.40. The number of hydrogen-bond donors (Lipinski definition) is 0. The van der Waals surface area contributed by atoms with Crippen LogP contribution in [0.15, 0.2) is 59.1 Å². The SMILES string of the molecule is CC1CN(C(=O)c2ccc(Br)cc2)CC(C)N1Cc1ccccc1. The molecule has 1 aliphatic heterocycles. The molecule has 1 aliphatic rings. The smallest absolute Gasteiger partial charge is 0.253 e. The molecule has 2 aromatic rings. The summed E-state index contributed by atoms with van der Waals surface area (Å²) >= 11 is 3.42. The van der Waals surface area contributed by atoms with Crippen LogP contribution in [0.2, 0.25) is 0 Å². The van der Waals surface area contributed by atoms with Crippen molar-refractivity contribution in [2.45, 2.75) is 32.5 Å². The Bertz CT molecular complexity index is 675. The van der Waals surface area contributed by atoms with Gasteiger partial charge in [0, 0.05) is 41.8 Å². The molecule has 1 fully saturated rings. The van der Waals surface area contributed by atoms with Gasteiger partial charge in [0.25, 0.3) is 5.91 Å². The van der Waals surface area contributed by atoms with Gasteiger partial charge in [-0.2, -0.15) is 0 Å².